The molecule has 4 heteroatoms. The number of halogens is 1. The van der Waals surface area contributed by atoms with Gasteiger partial charge in [0.15, 0.2) is 5.78 Å². The van der Waals surface area contributed by atoms with E-state index in [0.717, 1.165) is 37.6 Å². The molecule has 1 atom stereocenters. The lowest BCUT2D eigenvalue weighted by atomic mass is 9.71. The Labute approximate surface area is 123 Å². The normalized spacial score (nSPS) is 22.6. The summed E-state index contributed by atoms with van der Waals surface area (Å²) in [5.74, 6) is -0.269. The van der Waals surface area contributed by atoms with Gasteiger partial charge in [0.25, 0.3) is 0 Å². The van der Waals surface area contributed by atoms with Crippen LogP contribution in [-0.4, -0.2) is 23.9 Å². The van der Waals surface area contributed by atoms with E-state index in [-0.39, 0.29) is 17.0 Å². The van der Waals surface area contributed by atoms with Gasteiger partial charge >= 0.3 is 0 Å². The Bertz CT molecular complexity index is 650. The van der Waals surface area contributed by atoms with E-state index >= 15 is 0 Å². The van der Waals surface area contributed by atoms with Crippen LogP contribution >= 0.6 is 0 Å². The van der Waals surface area contributed by atoms with Crippen molar-refractivity contribution in [2.45, 2.75) is 32.6 Å². The third-order valence-corrected chi connectivity index (χ3v) is 4.56. The van der Waals surface area contributed by atoms with Gasteiger partial charge in [0.05, 0.1) is 5.52 Å². The number of ketones is 1. The lowest BCUT2D eigenvalue weighted by molar-refractivity contribution is 0.0717. The summed E-state index contributed by atoms with van der Waals surface area (Å²) in [5, 5.41) is 4.10. The Morgan fingerprint density at radius 3 is 3.00 bits per heavy atom. The number of aromatic amines is 1. The van der Waals surface area contributed by atoms with Crippen molar-refractivity contribution in [1.82, 2.24) is 10.3 Å². The first-order valence-electron chi connectivity index (χ1n) is 7.68. The Balaban J connectivity index is 2.00. The van der Waals surface area contributed by atoms with Gasteiger partial charge in [0.2, 0.25) is 0 Å². The van der Waals surface area contributed by atoms with Gasteiger partial charge in [0, 0.05) is 29.1 Å². The van der Waals surface area contributed by atoms with Gasteiger partial charge in [-0.25, -0.2) is 4.39 Å². The van der Waals surface area contributed by atoms with Crippen molar-refractivity contribution in [3.8, 4) is 0 Å². The summed E-state index contributed by atoms with van der Waals surface area (Å²) in [6.07, 6.45) is 5.40. The second-order valence-electron chi connectivity index (χ2n) is 6.04. The molecule has 2 N–H and O–H groups in total. The van der Waals surface area contributed by atoms with E-state index in [1.54, 1.807) is 12.3 Å². The van der Waals surface area contributed by atoms with Crippen molar-refractivity contribution in [3.63, 3.8) is 0 Å². The van der Waals surface area contributed by atoms with Crippen LogP contribution in [0.2, 0.25) is 0 Å². The molecule has 1 saturated heterocycles. The minimum atomic E-state index is -0.372. The molecule has 1 aromatic heterocycles. The summed E-state index contributed by atoms with van der Waals surface area (Å²) in [6, 6.07) is 5.00. The van der Waals surface area contributed by atoms with Crippen molar-refractivity contribution in [1.29, 1.82) is 0 Å². The molecule has 0 spiro atoms. The van der Waals surface area contributed by atoms with Crippen molar-refractivity contribution < 1.29 is 9.18 Å². The molecule has 1 aliphatic heterocycles. The van der Waals surface area contributed by atoms with Crippen LogP contribution in [0.4, 0.5) is 4.39 Å². The fraction of sp³-hybridized carbons (Fsp3) is 0.471. The molecule has 0 bridgehead atoms. The minimum absolute atomic E-state index is 0.0820. The maximum atomic E-state index is 14.1. The molecule has 1 aromatic carbocycles. The lowest BCUT2D eigenvalue weighted by Crippen LogP contribution is -2.45. The Kier molecular flexibility index (Phi) is 3.81. The number of H-pyrrole nitrogens is 1. The van der Waals surface area contributed by atoms with Crippen LogP contribution in [0, 0.1) is 11.2 Å². The minimum Gasteiger partial charge on any atom is -0.359 e. The quantitative estimate of drug-likeness (QED) is 0.843. The van der Waals surface area contributed by atoms with Gasteiger partial charge < -0.3 is 10.3 Å². The number of rotatable bonds is 4. The van der Waals surface area contributed by atoms with Crippen LogP contribution in [0.5, 0.6) is 0 Å². The van der Waals surface area contributed by atoms with Crippen LogP contribution in [0.25, 0.3) is 10.9 Å². The Hall–Kier alpha value is -1.68. The highest BCUT2D eigenvalue weighted by atomic mass is 19.1. The molecule has 21 heavy (non-hydrogen) atoms. The molecule has 0 saturated carbocycles. The fourth-order valence-corrected chi connectivity index (χ4v) is 3.53. The Morgan fingerprint density at radius 2 is 2.29 bits per heavy atom. The summed E-state index contributed by atoms with van der Waals surface area (Å²) in [6.45, 7) is 3.76. The number of Topliss-reactive ketones (excluding diaryl/α,β-unsaturated/α-hetero) is 1. The van der Waals surface area contributed by atoms with E-state index in [4.69, 9.17) is 0 Å². The first-order chi connectivity index (χ1) is 10.2. The molecule has 1 fully saturated rings. The summed E-state index contributed by atoms with van der Waals surface area (Å²) >= 11 is 0. The predicted molar refractivity (Wildman–Crippen MR) is 82.0 cm³/mol. The van der Waals surface area contributed by atoms with Crippen LogP contribution < -0.4 is 5.32 Å². The average molecular weight is 288 g/mol. The highest BCUT2D eigenvalue weighted by Gasteiger charge is 2.39. The third kappa shape index (κ3) is 2.48. The van der Waals surface area contributed by atoms with E-state index in [9.17, 15) is 9.18 Å². The van der Waals surface area contributed by atoms with Crippen LogP contribution in [0.15, 0.2) is 24.4 Å². The monoisotopic (exact) mass is 288 g/mol. The topological polar surface area (TPSA) is 44.9 Å². The zero-order valence-electron chi connectivity index (χ0n) is 12.3. The fourth-order valence-electron chi connectivity index (χ4n) is 3.53. The number of carbonyl (C=O) groups is 1. The number of fused-ring (bicyclic) bond motifs is 1. The molecular formula is C17H21FN2O. The molecular weight excluding hydrogens is 267 g/mol. The van der Waals surface area contributed by atoms with Gasteiger partial charge in [-0.05, 0) is 44.0 Å². The molecule has 3 rings (SSSR count). The number of carbonyl (C=O) groups excluding carboxylic acids is 1. The molecule has 0 aliphatic carbocycles. The predicted octanol–water partition coefficient (Wildman–Crippen LogP) is 3.66. The van der Waals surface area contributed by atoms with Crippen molar-refractivity contribution >= 4 is 16.7 Å². The Morgan fingerprint density at radius 1 is 1.43 bits per heavy atom. The number of hydrogen-bond acceptors (Lipinski definition) is 2. The van der Waals surface area contributed by atoms with Gasteiger partial charge in [-0.1, -0.05) is 13.3 Å². The summed E-state index contributed by atoms with van der Waals surface area (Å²) in [5.41, 5.74) is 0.596. The molecule has 2 aromatic rings. The SMILES string of the molecule is CCCC1(C(=O)c2cc(F)c3[nH]ccc3c2)CCCNC1. The number of benzene rings is 1. The van der Waals surface area contributed by atoms with E-state index in [1.165, 1.54) is 6.07 Å². The van der Waals surface area contributed by atoms with Gasteiger partial charge in [-0.3, -0.25) is 4.79 Å². The van der Waals surface area contributed by atoms with Gasteiger partial charge in [-0.15, -0.1) is 0 Å². The number of hydrogen-bond donors (Lipinski definition) is 2. The molecule has 0 radical (unpaired) electrons. The van der Waals surface area contributed by atoms with Crippen LogP contribution in [-0.2, 0) is 0 Å². The lowest BCUT2D eigenvalue weighted by Gasteiger charge is -2.36. The molecule has 0 amide bonds. The highest BCUT2D eigenvalue weighted by Crippen LogP contribution is 2.36. The summed E-state index contributed by atoms with van der Waals surface area (Å²) in [7, 11) is 0. The zero-order chi connectivity index (χ0) is 14.9. The van der Waals surface area contributed by atoms with E-state index < -0.39 is 0 Å². The number of nitrogens with one attached hydrogen (secondary N) is 2. The molecule has 3 nitrogen and oxygen atoms in total. The van der Waals surface area contributed by atoms with Crippen molar-refractivity contribution in [2.75, 3.05) is 13.1 Å². The maximum Gasteiger partial charge on any atom is 0.170 e. The number of piperidine rings is 1. The number of aromatic nitrogens is 1. The average Bonchev–Trinajstić information content (AvgIpc) is 2.97. The molecule has 112 valence electrons. The molecule has 1 aliphatic rings. The first-order valence-corrected chi connectivity index (χ1v) is 7.68. The van der Waals surface area contributed by atoms with Crippen LogP contribution in [0.1, 0.15) is 43.0 Å². The largest absolute Gasteiger partial charge is 0.359 e. The van der Waals surface area contributed by atoms with E-state index in [0.29, 0.717) is 17.6 Å². The third-order valence-electron chi connectivity index (χ3n) is 4.56. The summed E-state index contributed by atoms with van der Waals surface area (Å²) in [4.78, 5) is 15.9. The smallest absolute Gasteiger partial charge is 0.170 e. The van der Waals surface area contributed by atoms with Gasteiger partial charge in [0.1, 0.15) is 5.82 Å². The van der Waals surface area contributed by atoms with E-state index in [2.05, 4.69) is 17.2 Å². The first kappa shape index (κ1) is 14.3. The maximum absolute atomic E-state index is 14.1. The summed E-state index contributed by atoms with van der Waals surface area (Å²) < 4.78 is 14.1. The van der Waals surface area contributed by atoms with Crippen molar-refractivity contribution in [2.24, 2.45) is 5.41 Å². The van der Waals surface area contributed by atoms with E-state index in [1.807, 2.05) is 6.07 Å². The highest BCUT2D eigenvalue weighted by molar-refractivity contribution is 6.03. The standard InChI is InChI=1S/C17H21FN2O/c1-2-5-17(6-3-7-19-11-17)16(21)13-9-12-4-8-20-15(12)14(18)10-13/h4,8-10,19-20H,2-3,5-7,11H2,1H3. The zero-order valence-corrected chi connectivity index (χ0v) is 12.3. The second-order valence-corrected chi connectivity index (χ2v) is 6.04. The molecule has 1 unspecified atom stereocenters. The molecule has 2 heterocycles. The van der Waals surface area contributed by atoms with Crippen molar-refractivity contribution in [3.05, 3.63) is 35.8 Å². The van der Waals surface area contributed by atoms with Gasteiger partial charge in [-0.2, -0.15) is 0 Å². The van der Waals surface area contributed by atoms with Crippen LogP contribution in [0.3, 0.4) is 0 Å². The second kappa shape index (κ2) is 5.60.